The van der Waals surface area contributed by atoms with Crippen molar-refractivity contribution in [2.45, 2.75) is 18.8 Å². The van der Waals surface area contributed by atoms with Crippen LogP contribution >= 0.6 is 23.2 Å². The summed E-state index contributed by atoms with van der Waals surface area (Å²) in [5.41, 5.74) is 2.87. The number of benzene rings is 4. The zero-order valence-electron chi connectivity index (χ0n) is 17.9. The maximum atomic E-state index is 12.9. The highest BCUT2D eigenvalue weighted by Gasteiger charge is 2.18. The van der Waals surface area contributed by atoms with E-state index in [0.717, 1.165) is 23.5 Å². The molecule has 1 atom stereocenters. The first-order valence-electron chi connectivity index (χ1n) is 10.7. The number of anilines is 1. The first-order valence-corrected chi connectivity index (χ1v) is 11.4. The molecule has 1 unspecified atom stereocenters. The highest BCUT2D eigenvalue weighted by molar-refractivity contribution is 6.42. The Kier molecular flexibility index (Phi) is 7.66. The minimum Gasteiger partial charge on any atom is -0.457 e. The van der Waals surface area contributed by atoms with Crippen LogP contribution in [-0.4, -0.2) is 5.91 Å². The number of carbonyl (C=O) groups excluding carboxylic acids is 1. The third kappa shape index (κ3) is 6.61. The van der Waals surface area contributed by atoms with Crippen molar-refractivity contribution in [1.82, 2.24) is 0 Å². The zero-order chi connectivity index (χ0) is 23.0. The van der Waals surface area contributed by atoms with Gasteiger partial charge < -0.3 is 10.1 Å². The van der Waals surface area contributed by atoms with Crippen LogP contribution in [0.5, 0.6) is 11.5 Å². The van der Waals surface area contributed by atoms with Crippen molar-refractivity contribution in [2.24, 2.45) is 0 Å². The molecule has 0 aliphatic carbocycles. The molecule has 0 radical (unpaired) electrons. The summed E-state index contributed by atoms with van der Waals surface area (Å²) in [5.74, 6) is 1.45. The molecule has 0 saturated carbocycles. The van der Waals surface area contributed by atoms with Crippen LogP contribution in [0, 0.1) is 0 Å². The second-order valence-electron chi connectivity index (χ2n) is 7.75. The number of amides is 1. The Morgan fingerprint density at radius 2 is 1.39 bits per heavy atom. The molecule has 1 amide bonds. The van der Waals surface area contributed by atoms with Crippen LogP contribution in [0.2, 0.25) is 10.0 Å². The van der Waals surface area contributed by atoms with Gasteiger partial charge in [0.2, 0.25) is 5.91 Å². The summed E-state index contributed by atoms with van der Waals surface area (Å²) in [6.45, 7) is 0. The minimum atomic E-state index is -0.0843. The molecular formula is C28H23Cl2NO2. The van der Waals surface area contributed by atoms with E-state index in [1.54, 1.807) is 18.2 Å². The van der Waals surface area contributed by atoms with E-state index in [2.05, 4.69) is 17.4 Å². The average Bonchev–Trinajstić information content (AvgIpc) is 2.83. The number of carbonyl (C=O) groups is 1. The average molecular weight is 476 g/mol. The van der Waals surface area contributed by atoms with Crippen molar-refractivity contribution in [3.05, 3.63) is 124 Å². The van der Waals surface area contributed by atoms with Crippen LogP contribution in [0.3, 0.4) is 0 Å². The Labute approximate surface area is 203 Å². The number of para-hydroxylation sites is 1. The van der Waals surface area contributed by atoms with Gasteiger partial charge in [-0.05, 0) is 65.9 Å². The van der Waals surface area contributed by atoms with Crippen molar-refractivity contribution in [2.75, 3.05) is 5.32 Å². The second-order valence-corrected chi connectivity index (χ2v) is 8.57. The summed E-state index contributed by atoms with van der Waals surface area (Å²) >= 11 is 12.1. The molecule has 3 nitrogen and oxygen atoms in total. The van der Waals surface area contributed by atoms with E-state index < -0.39 is 0 Å². The van der Waals surface area contributed by atoms with Gasteiger partial charge in [-0.1, -0.05) is 83.9 Å². The van der Waals surface area contributed by atoms with E-state index in [1.807, 2.05) is 72.8 Å². The summed E-state index contributed by atoms with van der Waals surface area (Å²) in [4.78, 5) is 12.9. The lowest BCUT2D eigenvalue weighted by atomic mass is 9.89. The van der Waals surface area contributed by atoms with Crippen LogP contribution in [0.4, 0.5) is 5.69 Å². The number of ether oxygens (including phenoxy) is 1. The molecule has 0 spiro atoms. The Morgan fingerprint density at radius 3 is 2.06 bits per heavy atom. The second kappa shape index (κ2) is 11.0. The van der Waals surface area contributed by atoms with E-state index >= 15 is 0 Å². The normalized spacial score (nSPS) is 11.6. The first kappa shape index (κ1) is 22.9. The van der Waals surface area contributed by atoms with Gasteiger partial charge in [0.1, 0.15) is 11.5 Å². The summed E-state index contributed by atoms with van der Waals surface area (Å²) in [6, 6.07) is 32.8. The van der Waals surface area contributed by atoms with Crippen molar-refractivity contribution in [3.63, 3.8) is 0 Å². The molecule has 0 saturated heterocycles. The van der Waals surface area contributed by atoms with Gasteiger partial charge in [0.15, 0.2) is 0 Å². The quantitative estimate of drug-likeness (QED) is 0.279. The molecule has 0 aromatic heterocycles. The lowest BCUT2D eigenvalue weighted by molar-refractivity contribution is -0.116. The van der Waals surface area contributed by atoms with Crippen LogP contribution in [0.15, 0.2) is 103 Å². The van der Waals surface area contributed by atoms with Gasteiger partial charge in [0, 0.05) is 12.1 Å². The summed E-state index contributed by atoms with van der Waals surface area (Å²) in [7, 11) is 0. The van der Waals surface area contributed by atoms with Crippen LogP contribution < -0.4 is 10.1 Å². The van der Waals surface area contributed by atoms with E-state index in [9.17, 15) is 4.79 Å². The molecule has 0 bridgehead atoms. The van der Waals surface area contributed by atoms with Crippen molar-refractivity contribution >= 4 is 34.8 Å². The Bertz CT molecular complexity index is 1200. The molecule has 4 rings (SSSR count). The van der Waals surface area contributed by atoms with Gasteiger partial charge in [-0.3, -0.25) is 4.79 Å². The minimum absolute atomic E-state index is 0.000877. The monoisotopic (exact) mass is 475 g/mol. The standard InChI is InChI=1S/C28H23Cl2NO2/c29-26-16-13-23(19-27(26)30)31-28(32)18-22(17-20-7-3-1-4-8-20)21-11-14-25(15-12-21)33-24-9-5-2-6-10-24/h1-16,19,22H,17-18H2,(H,31,32). The third-order valence-electron chi connectivity index (χ3n) is 5.29. The maximum absolute atomic E-state index is 12.9. The van der Waals surface area contributed by atoms with E-state index in [1.165, 1.54) is 5.56 Å². The maximum Gasteiger partial charge on any atom is 0.224 e. The summed E-state index contributed by atoms with van der Waals surface area (Å²) in [5, 5.41) is 3.79. The number of nitrogens with one attached hydrogen (secondary N) is 1. The summed E-state index contributed by atoms with van der Waals surface area (Å²) < 4.78 is 5.91. The molecule has 5 heteroatoms. The smallest absolute Gasteiger partial charge is 0.224 e. The highest BCUT2D eigenvalue weighted by atomic mass is 35.5. The predicted molar refractivity (Wildman–Crippen MR) is 136 cm³/mol. The van der Waals surface area contributed by atoms with Crippen LogP contribution in [-0.2, 0) is 11.2 Å². The fourth-order valence-corrected chi connectivity index (χ4v) is 3.95. The Morgan fingerprint density at radius 1 is 0.758 bits per heavy atom. The molecule has 4 aromatic rings. The Balaban J connectivity index is 1.50. The molecule has 0 fully saturated rings. The third-order valence-corrected chi connectivity index (χ3v) is 6.03. The zero-order valence-corrected chi connectivity index (χ0v) is 19.4. The molecule has 0 heterocycles. The molecule has 0 aliphatic rings. The summed E-state index contributed by atoms with van der Waals surface area (Å²) in [6.07, 6.45) is 1.07. The van der Waals surface area contributed by atoms with Crippen molar-refractivity contribution < 1.29 is 9.53 Å². The lowest BCUT2D eigenvalue weighted by Gasteiger charge is -2.18. The van der Waals surface area contributed by atoms with E-state index in [0.29, 0.717) is 22.2 Å². The van der Waals surface area contributed by atoms with E-state index in [-0.39, 0.29) is 11.8 Å². The van der Waals surface area contributed by atoms with Gasteiger partial charge >= 0.3 is 0 Å². The van der Waals surface area contributed by atoms with Gasteiger partial charge in [-0.15, -0.1) is 0 Å². The van der Waals surface area contributed by atoms with E-state index in [4.69, 9.17) is 27.9 Å². The number of halogens is 2. The fourth-order valence-electron chi connectivity index (χ4n) is 3.65. The highest BCUT2D eigenvalue weighted by Crippen LogP contribution is 2.29. The van der Waals surface area contributed by atoms with Crippen LogP contribution in [0.1, 0.15) is 23.5 Å². The molecule has 166 valence electrons. The lowest BCUT2D eigenvalue weighted by Crippen LogP contribution is -2.17. The molecule has 0 aliphatic heterocycles. The molecule has 1 N–H and O–H groups in total. The van der Waals surface area contributed by atoms with Gasteiger partial charge in [-0.25, -0.2) is 0 Å². The van der Waals surface area contributed by atoms with Crippen LogP contribution in [0.25, 0.3) is 0 Å². The van der Waals surface area contributed by atoms with Crippen molar-refractivity contribution in [3.8, 4) is 11.5 Å². The Hall–Kier alpha value is -3.27. The van der Waals surface area contributed by atoms with Gasteiger partial charge in [-0.2, -0.15) is 0 Å². The largest absolute Gasteiger partial charge is 0.457 e. The van der Waals surface area contributed by atoms with Gasteiger partial charge in [0.05, 0.1) is 10.0 Å². The molecule has 4 aromatic carbocycles. The predicted octanol–water partition coefficient (Wildman–Crippen LogP) is 8.14. The number of hydrogen-bond acceptors (Lipinski definition) is 2. The topological polar surface area (TPSA) is 38.3 Å². The molecule has 33 heavy (non-hydrogen) atoms. The molecular weight excluding hydrogens is 453 g/mol. The fraction of sp³-hybridized carbons (Fsp3) is 0.107. The SMILES string of the molecule is O=C(CC(Cc1ccccc1)c1ccc(Oc2ccccc2)cc1)Nc1ccc(Cl)c(Cl)c1. The van der Waals surface area contributed by atoms with Gasteiger partial charge in [0.25, 0.3) is 0 Å². The first-order chi connectivity index (χ1) is 16.1. The number of rotatable bonds is 8. The van der Waals surface area contributed by atoms with Crippen molar-refractivity contribution in [1.29, 1.82) is 0 Å². The number of hydrogen-bond donors (Lipinski definition) is 1.